The van der Waals surface area contributed by atoms with Crippen molar-refractivity contribution in [2.45, 2.75) is 18.4 Å². The van der Waals surface area contributed by atoms with Crippen molar-refractivity contribution >= 4 is 0 Å². The Hall–Kier alpha value is -1.87. The molecule has 3 heteroatoms. The highest BCUT2D eigenvalue weighted by Crippen LogP contribution is 2.54. The lowest BCUT2D eigenvalue weighted by molar-refractivity contribution is 0.146. The maximum absolute atomic E-state index is 14.0. The Morgan fingerprint density at radius 1 is 1.20 bits per heavy atom. The largest absolute Gasteiger partial charge is 0.497 e. The number of halogens is 1. The first kappa shape index (κ1) is 13.1. The third-order valence-electron chi connectivity index (χ3n) is 4.00. The van der Waals surface area contributed by atoms with E-state index in [-0.39, 0.29) is 5.92 Å². The third-order valence-corrected chi connectivity index (χ3v) is 4.00. The molecular formula is C17H17FO2. The van der Waals surface area contributed by atoms with Crippen molar-refractivity contribution in [3.05, 3.63) is 65.5 Å². The van der Waals surface area contributed by atoms with E-state index in [4.69, 9.17) is 4.74 Å². The topological polar surface area (TPSA) is 29.5 Å². The van der Waals surface area contributed by atoms with Gasteiger partial charge in [0.2, 0.25) is 0 Å². The molecule has 0 aromatic heterocycles. The van der Waals surface area contributed by atoms with Crippen LogP contribution in [0, 0.1) is 11.7 Å². The monoisotopic (exact) mass is 272 g/mol. The number of ether oxygens (including phenoxy) is 1. The molecule has 1 fully saturated rings. The number of aliphatic hydroxyl groups excluding tert-OH is 1. The van der Waals surface area contributed by atoms with Crippen molar-refractivity contribution in [2.75, 3.05) is 7.11 Å². The molecule has 0 heterocycles. The van der Waals surface area contributed by atoms with Crippen LogP contribution in [0.1, 0.15) is 29.6 Å². The molecule has 3 atom stereocenters. The molecule has 20 heavy (non-hydrogen) atoms. The molecule has 1 aliphatic rings. The molecule has 1 saturated carbocycles. The van der Waals surface area contributed by atoms with Crippen LogP contribution in [0.15, 0.2) is 48.5 Å². The van der Waals surface area contributed by atoms with Gasteiger partial charge in [0, 0.05) is 11.6 Å². The van der Waals surface area contributed by atoms with E-state index < -0.39 is 11.9 Å². The molecule has 0 bridgehead atoms. The summed E-state index contributed by atoms with van der Waals surface area (Å²) in [6.45, 7) is 0. The Bertz CT molecular complexity index is 597. The van der Waals surface area contributed by atoms with Gasteiger partial charge in [0.1, 0.15) is 11.6 Å². The molecule has 0 aliphatic heterocycles. The van der Waals surface area contributed by atoms with Crippen molar-refractivity contribution in [3.8, 4) is 5.75 Å². The van der Waals surface area contributed by atoms with E-state index in [2.05, 4.69) is 12.1 Å². The van der Waals surface area contributed by atoms with Crippen LogP contribution in [-0.4, -0.2) is 12.2 Å². The molecule has 3 unspecified atom stereocenters. The van der Waals surface area contributed by atoms with Gasteiger partial charge in [-0.3, -0.25) is 0 Å². The summed E-state index contributed by atoms with van der Waals surface area (Å²) >= 11 is 0. The standard InChI is InChI=1S/C17H17FO2/c1-20-12-7-8-13(16(18)9-12)17(19)15-10-14(15)11-5-3-2-4-6-11/h2-9,14-15,17,19H,10H2,1H3. The van der Waals surface area contributed by atoms with Crippen LogP contribution in [0.25, 0.3) is 0 Å². The number of aliphatic hydroxyl groups is 1. The average Bonchev–Trinajstić information content (AvgIpc) is 3.28. The minimum Gasteiger partial charge on any atom is -0.497 e. The zero-order valence-electron chi connectivity index (χ0n) is 11.3. The third kappa shape index (κ3) is 2.41. The van der Waals surface area contributed by atoms with Crippen LogP contribution in [0.3, 0.4) is 0 Å². The molecule has 3 rings (SSSR count). The normalized spacial score (nSPS) is 22.4. The Morgan fingerprint density at radius 2 is 1.95 bits per heavy atom. The summed E-state index contributed by atoms with van der Waals surface area (Å²) in [6, 6.07) is 14.7. The van der Waals surface area contributed by atoms with Crippen molar-refractivity contribution in [3.63, 3.8) is 0 Å². The minimum absolute atomic E-state index is 0.0975. The van der Waals surface area contributed by atoms with E-state index in [1.807, 2.05) is 18.2 Å². The first-order valence-electron chi connectivity index (χ1n) is 6.77. The highest BCUT2D eigenvalue weighted by molar-refractivity contribution is 5.33. The van der Waals surface area contributed by atoms with Crippen LogP contribution in [0.4, 0.5) is 4.39 Å². The van der Waals surface area contributed by atoms with Crippen LogP contribution in [-0.2, 0) is 0 Å². The summed E-state index contributed by atoms with van der Waals surface area (Å²) in [7, 11) is 1.50. The minimum atomic E-state index is -0.758. The number of methoxy groups -OCH3 is 1. The van der Waals surface area contributed by atoms with Crippen LogP contribution in [0.5, 0.6) is 5.75 Å². The van der Waals surface area contributed by atoms with Gasteiger partial charge in [-0.15, -0.1) is 0 Å². The van der Waals surface area contributed by atoms with Crippen LogP contribution < -0.4 is 4.74 Å². The maximum Gasteiger partial charge on any atom is 0.132 e. The molecule has 2 aromatic rings. The quantitative estimate of drug-likeness (QED) is 0.920. The molecular weight excluding hydrogens is 255 g/mol. The predicted octanol–water partition coefficient (Wildman–Crippen LogP) is 3.67. The molecule has 1 N–H and O–H groups in total. The molecule has 1 aliphatic carbocycles. The summed E-state index contributed by atoms with van der Waals surface area (Å²) < 4.78 is 18.9. The number of hydrogen-bond donors (Lipinski definition) is 1. The summed E-state index contributed by atoms with van der Waals surface area (Å²) in [5.41, 5.74) is 1.57. The van der Waals surface area contributed by atoms with Crippen molar-refractivity contribution in [1.82, 2.24) is 0 Å². The van der Waals surface area contributed by atoms with E-state index in [0.717, 1.165) is 6.42 Å². The first-order valence-corrected chi connectivity index (χ1v) is 6.77. The smallest absolute Gasteiger partial charge is 0.132 e. The summed E-state index contributed by atoms with van der Waals surface area (Å²) in [6.07, 6.45) is 0.141. The van der Waals surface area contributed by atoms with Gasteiger partial charge in [0.25, 0.3) is 0 Å². The average molecular weight is 272 g/mol. The molecule has 2 aromatic carbocycles. The van der Waals surface area contributed by atoms with Gasteiger partial charge in [-0.1, -0.05) is 30.3 Å². The van der Waals surface area contributed by atoms with E-state index in [1.165, 1.54) is 18.7 Å². The van der Waals surface area contributed by atoms with Gasteiger partial charge < -0.3 is 9.84 Å². The number of benzene rings is 2. The summed E-state index contributed by atoms with van der Waals surface area (Å²) in [4.78, 5) is 0. The van der Waals surface area contributed by atoms with Crippen molar-refractivity contribution in [1.29, 1.82) is 0 Å². The lowest BCUT2D eigenvalue weighted by Gasteiger charge is -2.13. The zero-order chi connectivity index (χ0) is 14.1. The first-order chi connectivity index (χ1) is 9.70. The van der Waals surface area contributed by atoms with Crippen LogP contribution in [0.2, 0.25) is 0 Å². The second-order valence-corrected chi connectivity index (χ2v) is 5.25. The molecule has 0 spiro atoms. The SMILES string of the molecule is COc1ccc(C(O)C2CC2c2ccccc2)c(F)c1. The van der Waals surface area contributed by atoms with Crippen molar-refractivity contribution in [2.24, 2.45) is 5.92 Å². The van der Waals surface area contributed by atoms with Crippen LogP contribution >= 0.6 is 0 Å². The van der Waals surface area contributed by atoms with Gasteiger partial charge in [0.05, 0.1) is 13.2 Å². The highest BCUT2D eigenvalue weighted by atomic mass is 19.1. The predicted molar refractivity (Wildman–Crippen MR) is 75.2 cm³/mol. The Morgan fingerprint density at radius 3 is 2.60 bits per heavy atom. The molecule has 0 radical (unpaired) electrons. The fourth-order valence-electron chi connectivity index (χ4n) is 2.75. The van der Waals surface area contributed by atoms with Gasteiger partial charge in [-0.25, -0.2) is 4.39 Å². The van der Waals surface area contributed by atoms with E-state index in [0.29, 0.717) is 17.2 Å². The Labute approximate surface area is 117 Å². The van der Waals surface area contributed by atoms with E-state index in [1.54, 1.807) is 12.1 Å². The lowest BCUT2D eigenvalue weighted by Crippen LogP contribution is -2.04. The van der Waals surface area contributed by atoms with Gasteiger partial charge in [-0.05, 0) is 36.0 Å². The second kappa shape index (κ2) is 5.25. The molecule has 0 saturated heterocycles. The molecule has 2 nitrogen and oxygen atoms in total. The number of hydrogen-bond acceptors (Lipinski definition) is 2. The fraction of sp³-hybridized carbons (Fsp3) is 0.294. The fourth-order valence-corrected chi connectivity index (χ4v) is 2.75. The van der Waals surface area contributed by atoms with E-state index >= 15 is 0 Å². The second-order valence-electron chi connectivity index (χ2n) is 5.25. The summed E-state index contributed by atoms with van der Waals surface area (Å²) in [5.74, 6) is 0.484. The number of rotatable bonds is 4. The van der Waals surface area contributed by atoms with E-state index in [9.17, 15) is 9.50 Å². The Balaban J connectivity index is 1.76. The van der Waals surface area contributed by atoms with Gasteiger partial charge in [-0.2, -0.15) is 0 Å². The zero-order valence-corrected chi connectivity index (χ0v) is 11.3. The van der Waals surface area contributed by atoms with Gasteiger partial charge in [0.15, 0.2) is 0 Å². The summed E-state index contributed by atoms with van der Waals surface area (Å²) in [5, 5.41) is 10.4. The Kier molecular flexibility index (Phi) is 3.45. The highest BCUT2D eigenvalue weighted by Gasteiger charge is 2.44. The van der Waals surface area contributed by atoms with Gasteiger partial charge >= 0.3 is 0 Å². The maximum atomic E-state index is 14.0. The lowest BCUT2D eigenvalue weighted by atomic mass is 10.0. The van der Waals surface area contributed by atoms with Crippen molar-refractivity contribution < 1.29 is 14.2 Å². The molecule has 0 amide bonds. The molecule has 104 valence electrons.